The zero-order valence-corrected chi connectivity index (χ0v) is 13.3. The molecule has 0 spiro atoms. The molecule has 0 saturated heterocycles. The standard InChI is InChI=1S/C17H25ClN2/c1-3-5-7-15(6-4-2)19-11-13-12-20-17-10-14(18)8-9-16(13)17/h8-10,12,15,19-20H,3-7,11H2,1-2H3. The Morgan fingerprint density at radius 3 is 2.80 bits per heavy atom. The van der Waals surface area contributed by atoms with Crippen LogP contribution in [0.2, 0.25) is 5.02 Å². The Morgan fingerprint density at radius 1 is 1.20 bits per heavy atom. The van der Waals surface area contributed by atoms with Crippen LogP contribution < -0.4 is 5.32 Å². The van der Waals surface area contributed by atoms with Crippen molar-refractivity contribution in [2.75, 3.05) is 0 Å². The van der Waals surface area contributed by atoms with Gasteiger partial charge in [-0.1, -0.05) is 50.8 Å². The molecule has 0 aliphatic carbocycles. The number of aromatic amines is 1. The molecule has 1 aromatic heterocycles. The highest BCUT2D eigenvalue weighted by Crippen LogP contribution is 2.22. The van der Waals surface area contributed by atoms with E-state index in [1.54, 1.807) is 0 Å². The van der Waals surface area contributed by atoms with Crippen LogP contribution in [0.25, 0.3) is 10.9 Å². The Morgan fingerprint density at radius 2 is 2.05 bits per heavy atom. The topological polar surface area (TPSA) is 27.8 Å². The van der Waals surface area contributed by atoms with Crippen LogP contribution in [0, 0.1) is 0 Å². The second-order valence-electron chi connectivity index (χ2n) is 5.51. The van der Waals surface area contributed by atoms with Gasteiger partial charge in [0.1, 0.15) is 0 Å². The molecular formula is C17H25ClN2. The van der Waals surface area contributed by atoms with E-state index in [4.69, 9.17) is 11.6 Å². The van der Waals surface area contributed by atoms with Crippen LogP contribution in [0.1, 0.15) is 51.5 Å². The predicted octanol–water partition coefficient (Wildman–Crippen LogP) is 5.27. The maximum Gasteiger partial charge on any atom is 0.0472 e. The number of hydrogen-bond acceptors (Lipinski definition) is 1. The van der Waals surface area contributed by atoms with Crippen LogP contribution in [-0.4, -0.2) is 11.0 Å². The maximum atomic E-state index is 6.02. The van der Waals surface area contributed by atoms with Gasteiger partial charge in [0.25, 0.3) is 0 Å². The molecule has 0 radical (unpaired) electrons. The van der Waals surface area contributed by atoms with Crippen LogP contribution in [0.15, 0.2) is 24.4 Å². The molecule has 2 aromatic rings. The minimum Gasteiger partial charge on any atom is -0.361 e. The molecule has 3 heteroatoms. The van der Waals surface area contributed by atoms with E-state index in [2.05, 4.69) is 36.4 Å². The van der Waals surface area contributed by atoms with Gasteiger partial charge in [0, 0.05) is 34.7 Å². The zero-order valence-electron chi connectivity index (χ0n) is 12.5. The molecule has 0 saturated carbocycles. The smallest absolute Gasteiger partial charge is 0.0472 e. The summed E-state index contributed by atoms with van der Waals surface area (Å²) in [5.41, 5.74) is 2.45. The summed E-state index contributed by atoms with van der Waals surface area (Å²) >= 11 is 6.02. The lowest BCUT2D eigenvalue weighted by Crippen LogP contribution is -2.28. The highest BCUT2D eigenvalue weighted by atomic mass is 35.5. The van der Waals surface area contributed by atoms with Gasteiger partial charge >= 0.3 is 0 Å². The summed E-state index contributed by atoms with van der Waals surface area (Å²) < 4.78 is 0. The molecule has 2 N–H and O–H groups in total. The summed E-state index contributed by atoms with van der Waals surface area (Å²) in [7, 11) is 0. The minimum atomic E-state index is 0.636. The minimum absolute atomic E-state index is 0.636. The molecule has 110 valence electrons. The first-order chi connectivity index (χ1) is 9.74. The van der Waals surface area contributed by atoms with E-state index < -0.39 is 0 Å². The van der Waals surface area contributed by atoms with E-state index in [0.29, 0.717) is 6.04 Å². The van der Waals surface area contributed by atoms with Gasteiger partial charge in [-0.15, -0.1) is 0 Å². The molecule has 0 aliphatic rings. The average Bonchev–Trinajstić information content (AvgIpc) is 2.84. The third-order valence-corrected chi connectivity index (χ3v) is 4.09. The number of hydrogen-bond donors (Lipinski definition) is 2. The number of rotatable bonds is 8. The fourth-order valence-electron chi connectivity index (χ4n) is 2.71. The number of benzene rings is 1. The summed E-state index contributed by atoms with van der Waals surface area (Å²) in [4.78, 5) is 3.30. The molecule has 1 aromatic carbocycles. The van der Waals surface area contributed by atoms with E-state index in [9.17, 15) is 0 Å². The van der Waals surface area contributed by atoms with Crippen LogP contribution in [-0.2, 0) is 6.54 Å². The van der Waals surface area contributed by atoms with Crippen LogP contribution in [0.5, 0.6) is 0 Å². The predicted molar refractivity (Wildman–Crippen MR) is 88.4 cm³/mol. The van der Waals surface area contributed by atoms with E-state index in [-0.39, 0.29) is 0 Å². The number of fused-ring (bicyclic) bond motifs is 1. The molecule has 1 unspecified atom stereocenters. The second kappa shape index (κ2) is 7.70. The van der Waals surface area contributed by atoms with Gasteiger partial charge in [0.05, 0.1) is 0 Å². The molecule has 20 heavy (non-hydrogen) atoms. The van der Waals surface area contributed by atoms with Gasteiger partial charge in [0.15, 0.2) is 0 Å². The third kappa shape index (κ3) is 4.00. The quantitative estimate of drug-likeness (QED) is 0.681. The Bertz CT molecular complexity index is 533. The van der Waals surface area contributed by atoms with Crippen LogP contribution >= 0.6 is 11.6 Å². The molecular weight excluding hydrogens is 268 g/mol. The van der Waals surface area contributed by atoms with Crippen molar-refractivity contribution in [2.24, 2.45) is 0 Å². The summed E-state index contributed by atoms with van der Waals surface area (Å²) in [6.45, 7) is 5.44. The molecule has 0 fully saturated rings. The van der Waals surface area contributed by atoms with E-state index in [1.807, 2.05) is 12.1 Å². The summed E-state index contributed by atoms with van der Waals surface area (Å²) in [6.07, 6.45) is 8.45. The van der Waals surface area contributed by atoms with Crippen molar-refractivity contribution in [1.29, 1.82) is 0 Å². The van der Waals surface area contributed by atoms with E-state index in [0.717, 1.165) is 17.1 Å². The highest BCUT2D eigenvalue weighted by molar-refractivity contribution is 6.31. The summed E-state index contributed by atoms with van der Waals surface area (Å²) in [5, 5.41) is 5.77. The first-order valence-corrected chi connectivity index (χ1v) is 8.11. The van der Waals surface area contributed by atoms with Crippen molar-refractivity contribution < 1.29 is 0 Å². The monoisotopic (exact) mass is 292 g/mol. The van der Waals surface area contributed by atoms with Crippen molar-refractivity contribution in [1.82, 2.24) is 10.3 Å². The number of halogens is 1. The molecule has 0 amide bonds. The van der Waals surface area contributed by atoms with Gasteiger partial charge in [-0.2, -0.15) is 0 Å². The third-order valence-electron chi connectivity index (χ3n) is 3.85. The van der Waals surface area contributed by atoms with E-state index in [1.165, 1.54) is 43.1 Å². The maximum absolute atomic E-state index is 6.02. The van der Waals surface area contributed by atoms with E-state index >= 15 is 0 Å². The average molecular weight is 293 g/mol. The lowest BCUT2D eigenvalue weighted by atomic mass is 10.0. The Labute approximate surface area is 126 Å². The number of H-pyrrole nitrogens is 1. The first kappa shape index (κ1) is 15.4. The summed E-state index contributed by atoms with van der Waals surface area (Å²) in [5.74, 6) is 0. The molecule has 1 heterocycles. The van der Waals surface area contributed by atoms with Gasteiger partial charge in [-0.3, -0.25) is 0 Å². The SMILES string of the molecule is CCCCC(CCC)NCc1c[nH]c2cc(Cl)ccc12. The Kier molecular flexibility index (Phi) is 5.93. The molecule has 0 aliphatic heterocycles. The highest BCUT2D eigenvalue weighted by Gasteiger charge is 2.09. The van der Waals surface area contributed by atoms with Crippen molar-refractivity contribution in [3.63, 3.8) is 0 Å². The number of nitrogens with one attached hydrogen (secondary N) is 2. The van der Waals surface area contributed by atoms with Gasteiger partial charge < -0.3 is 10.3 Å². The fourth-order valence-corrected chi connectivity index (χ4v) is 2.88. The Hall–Kier alpha value is -0.990. The number of aromatic nitrogens is 1. The van der Waals surface area contributed by atoms with Gasteiger partial charge in [-0.05, 0) is 30.5 Å². The van der Waals surface area contributed by atoms with Crippen molar-refractivity contribution in [2.45, 2.75) is 58.5 Å². The molecule has 1 atom stereocenters. The molecule has 2 rings (SSSR count). The summed E-state index contributed by atoms with van der Waals surface area (Å²) in [6, 6.07) is 6.69. The lowest BCUT2D eigenvalue weighted by Gasteiger charge is -2.17. The molecule has 0 bridgehead atoms. The fraction of sp³-hybridized carbons (Fsp3) is 0.529. The largest absolute Gasteiger partial charge is 0.361 e. The second-order valence-corrected chi connectivity index (χ2v) is 5.95. The van der Waals surface area contributed by atoms with Crippen LogP contribution in [0.3, 0.4) is 0 Å². The zero-order chi connectivity index (χ0) is 14.4. The molecule has 2 nitrogen and oxygen atoms in total. The first-order valence-electron chi connectivity index (χ1n) is 7.73. The van der Waals surface area contributed by atoms with Crippen molar-refractivity contribution >= 4 is 22.5 Å². The lowest BCUT2D eigenvalue weighted by molar-refractivity contribution is 0.435. The van der Waals surface area contributed by atoms with Gasteiger partial charge in [0.2, 0.25) is 0 Å². The number of unbranched alkanes of at least 4 members (excludes halogenated alkanes) is 1. The van der Waals surface area contributed by atoms with Crippen LogP contribution in [0.4, 0.5) is 0 Å². The van der Waals surface area contributed by atoms with Crippen molar-refractivity contribution in [3.05, 3.63) is 35.0 Å². The van der Waals surface area contributed by atoms with Gasteiger partial charge in [-0.25, -0.2) is 0 Å². The Balaban J connectivity index is 2.00. The normalized spacial score (nSPS) is 12.9. The van der Waals surface area contributed by atoms with Crippen molar-refractivity contribution in [3.8, 4) is 0 Å².